The highest BCUT2D eigenvalue weighted by Crippen LogP contribution is 2.24. The third-order valence-corrected chi connectivity index (χ3v) is 8.48. The first-order valence-corrected chi connectivity index (χ1v) is 16.8. The van der Waals surface area contributed by atoms with Gasteiger partial charge in [0.2, 0.25) is 5.91 Å². The molecule has 0 fully saturated rings. The topological polar surface area (TPSA) is 62.0 Å². The van der Waals surface area contributed by atoms with Gasteiger partial charge in [-0.3, -0.25) is 9.59 Å². The van der Waals surface area contributed by atoms with Crippen LogP contribution in [0.5, 0.6) is 0 Å². The third kappa shape index (κ3) is 14.0. The van der Waals surface area contributed by atoms with Crippen LogP contribution in [-0.2, 0) is 22.4 Å². The molecule has 0 radical (unpaired) electrons. The molecule has 0 bridgehead atoms. The second-order valence-electron chi connectivity index (χ2n) is 12.4. The van der Waals surface area contributed by atoms with Crippen LogP contribution in [-0.4, -0.2) is 23.2 Å². The van der Waals surface area contributed by atoms with Crippen LogP contribution in [0, 0.1) is 12.8 Å². The minimum absolute atomic E-state index is 0.00350. The van der Waals surface area contributed by atoms with Gasteiger partial charge in [-0.1, -0.05) is 117 Å². The minimum atomic E-state index is -0.0360. The molecule has 0 saturated carbocycles. The van der Waals surface area contributed by atoms with Crippen LogP contribution in [0.1, 0.15) is 153 Å². The molecule has 1 aromatic heterocycles. The molecular formula is C36H60N2O2. The highest BCUT2D eigenvalue weighted by Gasteiger charge is 2.11. The molecule has 2 aromatic rings. The first-order valence-electron chi connectivity index (χ1n) is 16.8. The zero-order valence-electron chi connectivity index (χ0n) is 26.5. The van der Waals surface area contributed by atoms with Crippen LogP contribution in [0.2, 0.25) is 0 Å². The molecule has 2 N–H and O–H groups in total. The number of fused-ring (bicyclic) bond motifs is 1. The molecular weight excluding hydrogens is 492 g/mol. The molecule has 0 aliphatic carbocycles. The molecule has 0 aliphatic rings. The molecule has 0 aliphatic heterocycles. The van der Waals surface area contributed by atoms with Crippen molar-refractivity contribution < 1.29 is 9.59 Å². The number of hydrogen-bond donors (Lipinski definition) is 2. The summed E-state index contributed by atoms with van der Waals surface area (Å²) in [6, 6.07) is 4.64. The second kappa shape index (κ2) is 20.7. The number of ketones is 1. The molecule has 1 heterocycles. The Morgan fingerprint density at radius 3 is 1.82 bits per heavy atom. The number of unbranched alkanes of at least 4 members (excludes halogenated alkanes) is 15. The predicted octanol–water partition coefficient (Wildman–Crippen LogP) is 9.94. The standard InChI is InChI=1S/C36H60N2O2/c1-5-6-7-8-9-10-11-12-13-14-15-16-17-18-19-20-21-31-27-34-33(26-30(31)4)32(28-38-34)24-25-37-36(40)23-22-35(39)29(2)3/h26-29,38H,5-25H2,1-4H3,(H,37,40). The number of aromatic nitrogens is 1. The molecule has 1 amide bonds. The fourth-order valence-electron chi connectivity index (χ4n) is 5.67. The van der Waals surface area contributed by atoms with E-state index >= 15 is 0 Å². The van der Waals surface area contributed by atoms with Crippen LogP contribution in [0.25, 0.3) is 10.9 Å². The molecule has 4 heteroatoms. The Balaban J connectivity index is 1.55. The van der Waals surface area contributed by atoms with E-state index in [-0.39, 0.29) is 24.0 Å². The number of aromatic amines is 1. The van der Waals surface area contributed by atoms with Gasteiger partial charge in [0.15, 0.2) is 0 Å². The highest BCUT2D eigenvalue weighted by atomic mass is 16.2. The van der Waals surface area contributed by atoms with E-state index in [1.165, 1.54) is 130 Å². The maximum Gasteiger partial charge on any atom is 0.220 e. The summed E-state index contributed by atoms with van der Waals surface area (Å²) in [6.07, 6.45) is 27.1. The summed E-state index contributed by atoms with van der Waals surface area (Å²) >= 11 is 0. The van der Waals surface area contributed by atoms with Crippen LogP contribution in [0.4, 0.5) is 0 Å². The van der Waals surface area contributed by atoms with E-state index in [2.05, 4.69) is 42.5 Å². The lowest BCUT2D eigenvalue weighted by Gasteiger charge is -2.09. The summed E-state index contributed by atoms with van der Waals surface area (Å²) < 4.78 is 0. The summed E-state index contributed by atoms with van der Waals surface area (Å²) in [5.74, 6) is 0.111. The van der Waals surface area contributed by atoms with Crippen molar-refractivity contribution in [2.45, 2.75) is 156 Å². The van der Waals surface area contributed by atoms with Gasteiger partial charge in [0.25, 0.3) is 0 Å². The van der Waals surface area contributed by atoms with Crippen molar-refractivity contribution in [3.8, 4) is 0 Å². The number of amides is 1. The molecule has 226 valence electrons. The van der Waals surface area contributed by atoms with Gasteiger partial charge in [0, 0.05) is 42.4 Å². The van der Waals surface area contributed by atoms with Crippen LogP contribution in [0.15, 0.2) is 18.3 Å². The van der Waals surface area contributed by atoms with E-state index in [1.54, 1.807) is 0 Å². The first-order chi connectivity index (χ1) is 19.4. The fourth-order valence-corrected chi connectivity index (χ4v) is 5.67. The van der Waals surface area contributed by atoms with Crippen molar-refractivity contribution in [2.75, 3.05) is 6.54 Å². The zero-order chi connectivity index (χ0) is 29.0. The van der Waals surface area contributed by atoms with Crippen molar-refractivity contribution in [1.29, 1.82) is 0 Å². The molecule has 0 atom stereocenters. The lowest BCUT2D eigenvalue weighted by atomic mass is 9.98. The maximum absolute atomic E-state index is 12.1. The Morgan fingerprint density at radius 2 is 1.27 bits per heavy atom. The summed E-state index contributed by atoms with van der Waals surface area (Å²) in [4.78, 5) is 27.3. The Labute approximate surface area is 245 Å². The highest BCUT2D eigenvalue weighted by molar-refractivity contribution is 5.86. The van der Waals surface area contributed by atoms with Crippen molar-refractivity contribution >= 4 is 22.6 Å². The van der Waals surface area contributed by atoms with Crippen molar-refractivity contribution in [3.63, 3.8) is 0 Å². The largest absolute Gasteiger partial charge is 0.361 e. The number of rotatable bonds is 24. The average Bonchev–Trinajstić information content (AvgIpc) is 3.32. The number of Topliss-reactive ketones (excluding diaryl/α,β-unsaturated/α-hetero) is 1. The number of hydrogen-bond acceptors (Lipinski definition) is 2. The Bertz CT molecular complexity index is 975. The quantitative estimate of drug-likeness (QED) is 0.127. The monoisotopic (exact) mass is 552 g/mol. The third-order valence-electron chi connectivity index (χ3n) is 8.48. The fraction of sp³-hybridized carbons (Fsp3) is 0.722. The predicted molar refractivity (Wildman–Crippen MR) is 172 cm³/mol. The first kappa shape index (κ1) is 34.1. The Kier molecular flexibility index (Phi) is 17.7. The van der Waals surface area contributed by atoms with E-state index in [0.717, 1.165) is 12.8 Å². The number of aryl methyl sites for hydroxylation is 2. The number of H-pyrrole nitrogens is 1. The summed E-state index contributed by atoms with van der Waals surface area (Å²) in [7, 11) is 0. The van der Waals surface area contributed by atoms with Crippen LogP contribution in [0.3, 0.4) is 0 Å². The summed E-state index contributed by atoms with van der Waals surface area (Å²) in [6.45, 7) is 8.88. The minimum Gasteiger partial charge on any atom is -0.361 e. The van der Waals surface area contributed by atoms with Crippen LogP contribution >= 0.6 is 0 Å². The lowest BCUT2D eigenvalue weighted by molar-refractivity contribution is -0.126. The van der Waals surface area contributed by atoms with Gasteiger partial charge < -0.3 is 10.3 Å². The molecule has 4 nitrogen and oxygen atoms in total. The SMILES string of the molecule is CCCCCCCCCCCCCCCCCCc1cc2[nH]cc(CCNC(=O)CCC(=O)C(C)C)c2cc1C. The van der Waals surface area contributed by atoms with Crippen LogP contribution < -0.4 is 5.32 Å². The van der Waals surface area contributed by atoms with E-state index in [4.69, 9.17) is 0 Å². The normalized spacial score (nSPS) is 11.5. The molecule has 1 aromatic carbocycles. The van der Waals surface area contributed by atoms with Crippen molar-refractivity contribution in [2.24, 2.45) is 5.92 Å². The summed E-state index contributed by atoms with van der Waals surface area (Å²) in [5, 5.41) is 4.24. The van der Waals surface area contributed by atoms with Crippen molar-refractivity contribution in [3.05, 3.63) is 35.0 Å². The van der Waals surface area contributed by atoms with Gasteiger partial charge in [-0.25, -0.2) is 0 Å². The van der Waals surface area contributed by atoms with E-state index in [0.29, 0.717) is 13.0 Å². The van der Waals surface area contributed by atoms with Gasteiger partial charge >= 0.3 is 0 Å². The Hall–Kier alpha value is -2.10. The number of carbonyl (C=O) groups excluding carboxylic acids is 2. The maximum atomic E-state index is 12.1. The van der Waals surface area contributed by atoms with Gasteiger partial charge in [0.05, 0.1) is 0 Å². The average molecular weight is 553 g/mol. The summed E-state index contributed by atoms with van der Waals surface area (Å²) in [5.41, 5.74) is 5.26. The number of carbonyl (C=O) groups is 2. The van der Waals surface area contributed by atoms with E-state index in [1.807, 2.05) is 13.8 Å². The van der Waals surface area contributed by atoms with Gasteiger partial charge in [-0.05, 0) is 55.0 Å². The lowest BCUT2D eigenvalue weighted by Crippen LogP contribution is -2.26. The van der Waals surface area contributed by atoms with Gasteiger partial charge in [-0.15, -0.1) is 0 Å². The molecule has 40 heavy (non-hydrogen) atoms. The number of benzene rings is 1. The zero-order valence-corrected chi connectivity index (χ0v) is 26.5. The van der Waals surface area contributed by atoms with Crippen molar-refractivity contribution in [1.82, 2.24) is 10.3 Å². The van der Waals surface area contributed by atoms with E-state index in [9.17, 15) is 9.59 Å². The molecule has 2 rings (SSSR count). The number of nitrogens with one attached hydrogen (secondary N) is 2. The molecule has 0 spiro atoms. The smallest absolute Gasteiger partial charge is 0.220 e. The van der Waals surface area contributed by atoms with Gasteiger partial charge in [-0.2, -0.15) is 0 Å². The van der Waals surface area contributed by atoms with E-state index < -0.39 is 0 Å². The second-order valence-corrected chi connectivity index (χ2v) is 12.4. The van der Waals surface area contributed by atoms with Gasteiger partial charge in [0.1, 0.15) is 5.78 Å². The Morgan fingerprint density at radius 1 is 0.725 bits per heavy atom. The molecule has 0 unspecified atom stereocenters. The molecule has 0 saturated heterocycles.